The van der Waals surface area contributed by atoms with Crippen molar-refractivity contribution in [2.45, 2.75) is 51.6 Å². The first-order chi connectivity index (χ1) is 14.4. The van der Waals surface area contributed by atoms with Crippen molar-refractivity contribution in [2.24, 2.45) is 0 Å². The standard InChI is InChI=1S/C24H27N3O3/c1-24(2,3)17-11-9-16(10-12-17)15-27-19(13-14-21(27)28)23-25-22(26-30-23)18-7-5-6-8-20(18)29-4/h5-12,19H,13-15H2,1-4H3. The van der Waals surface area contributed by atoms with Crippen LogP contribution in [-0.4, -0.2) is 28.1 Å². The zero-order chi connectivity index (χ0) is 21.3. The van der Waals surface area contributed by atoms with Crippen molar-refractivity contribution in [1.29, 1.82) is 0 Å². The monoisotopic (exact) mass is 405 g/mol. The molecule has 1 aliphatic rings. The van der Waals surface area contributed by atoms with E-state index in [1.54, 1.807) is 7.11 Å². The van der Waals surface area contributed by atoms with E-state index in [2.05, 4.69) is 55.2 Å². The minimum absolute atomic E-state index is 0.100. The van der Waals surface area contributed by atoms with Gasteiger partial charge in [-0.25, -0.2) is 0 Å². The number of rotatable bonds is 5. The van der Waals surface area contributed by atoms with Crippen LogP contribution in [0.1, 0.15) is 56.7 Å². The molecule has 6 nitrogen and oxygen atoms in total. The van der Waals surface area contributed by atoms with Crippen LogP contribution in [0.2, 0.25) is 0 Å². The van der Waals surface area contributed by atoms with E-state index < -0.39 is 0 Å². The lowest BCUT2D eigenvalue weighted by atomic mass is 9.87. The topological polar surface area (TPSA) is 68.5 Å². The third-order valence-corrected chi connectivity index (χ3v) is 5.58. The second-order valence-corrected chi connectivity index (χ2v) is 8.68. The lowest BCUT2D eigenvalue weighted by molar-refractivity contribution is -0.129. The summed E-state index contributed by atoms with van der Waals surface area (Å²) in [4.78, 5) is 19.0. The van der Waals surface area contributed by atoms with Crippen molar-refractivity contribution >= 4 is 5.91 Å². The normalized spacial score (nSPS) is 16.9. The molecule has 4 rings (SSSR count). The predicted octanol–water partition coefficient (Wildman–Crippen LogP) is 4.91. The Hall–Kier alpha value is -3.15. The van der Waals surface area contributed by atoms with Crippen molar-refractivity contribution in [3.05, 3.63) is 65.5 Å². The van der Waals surface area contributed by atoms with Gasteiger partial charge in [-0.05, 0) is 35.1 Å². The van der Waals surface area contributed by atoms with Gasteiger partial charge in [0.2, 0.25) is 17.6 Å². The van der Waals surface area contributed by atoms with Crippen LogP contribution in [0.15, 0.2) is 53.1 Å². The van der Waals surface area contributed by atoms with E-state index in [0.29, 0.717) is 36.9 Å². The van der Waals surface area contributed by atoms with Gasteiger partial charge in [0.05, 0.1) is 12.7 Å². The first-order valence-corrected chi connectivity index (χ1v) is 10.2. The SMILES string of the molecule is COc1ccccc1-c1noc(C2CCC(=O)N2Cc2ccc(C(C)(C)C)cc2)n1. The first kappa shape index (κ1) is 20.1. The second kappa shape index (κ2) is 7.94. The van der Waals surface area contributed by atoms with Gasteiger partial charge in [-0.15, -0.1) is 0 Å². The maximum absolute atomic E-state index is 12.6. The minimum atomic E-state index is -0.212. The van der Waals surface area contributed by atoms with Crippen LogP contribution in [0.5, 0.6) is 5.75 Å². The van der Waals surface area contributed by atoms with Crippen molar-refractivity contribution in [2.75, 3.05) is 7.11 Å². The molecule has 0 N–H and O–H groups in total. The summed E-state index contributed by atoms with van der Waals surface area (Å²) in [6.45, 7) is 7.10. The Morgan fingerprint density at radius 1 is 1.13 bits per heavy atom. The Bertz CT molecular complexity index is 1030. The highest BCUT2D eigenvalue weighted by Gasteiger charge is 2.36. The lowest BCUT2D eigenvalue weighted by Crippen LogP contribution is -2.27. The fourth-order valence-corrected chi connectivity index (χ4v) is 3.80. The number of amides is 1. The quantitative estimate of drug-likeness (QED) is 0.603. The van der Waals surface area contributed by atoms with E-state index in [1.165, 1.54) is 5.56 Å². The van der Waals surface area contributed by atoms with Crippen molar-refractivity contribution < 1.29 is 14.1 Å². The highest BCUT2D eigenvalue weighted by molar-refractivity contribution is 5.79. The van der Waals surface area contributed by atoms with Crippen molar-refractivity contribution in [3.8, 4) is 17.1 Å². The average Bonchev–Trinajstić information content (AvgIpc) is 3.35. The molecule has 1 atom stereocenters. The second-order valence-electron chi connectivity index (χ2n) is 8.68. The summed E-state index contributed by atoms with van der Waals surface area (Å²) < 4.78 is 11.0. The summed E-state index contributed by atoms with van der Waals surface area (Å²) in [5, 5.41) is 4.14. The number of carbonyl (C=O) groups is 1. The molecule has 0 saturated carbocycles. The van der Waals surface area contributed by atoms with Gasteiger partial charge >= 0.3 is 0 Å². The van der Waals surface area contributed by atoms with Crippen LogP contribution in [0, 0.1) is 0 Å². The molecular formula is C24H27N3O3. The van der Waals surface area contributed by atoms with Gasteiger partial charge in [0.1, 0.15) is 11.8 Å². The average molecular weight is 405 g/mol. The van der Waals surface area contributed by atoms with E-state index in [4.69, 9.17) is 9.26 Å². The number of likely N-dealkylation sites (tertiary alicyclic amines) is 1. The van der Waals surface area contributed by atoms with Gasteiger partial charge in [-0.3, -0.25) is 4.79 Å². The molecule has 0 aliphatic carbocycles. The van der Waals surface area contributed by atoms with E-state index in [0.717, 1.165) is 11.1 Å². The summed E-state index contributed by atoms with van der Waals surface area (Å²) in [5.41, 5.74) is 3.23. The first-order valence-electron chi connectivity index (χ1n) is 10.2. The van der Waals surface area contributed by atoms with E-state index >= 15 is 0 Å². The Balaban J connectivity index is 1.56. The van der Waals surface area contributed by atoms with E-state index in [1.807, 2.05) is 29.2 Å². The van der Waals surface area contributed by atoms with Gasteiger partial charge in [0.25, 0.3) is 0 Å². The van der Waals surface area contributed by atoms with Crippen LogP contribution >= 0.6 is 0 Å². The summed E-state index contributed by atoms with van der Waals surface area (Å²) in [5.74, 6) is 1.73. The third-order valence-electron chi connectivity index (χ3n) is 5.58. The number of para-hydroxylation sites is 1. The predicted molar refractivity (Wildman–Crippen MR) is 114 cm³/mol. The number of methoxy groups -OCH3 is 1. The molecule has 1 saturated heterocycles. The molecule has 2 heterocycles. The highest BCUT2D eigenvalue weighted by Crippen LogP contribution is 2.35. The van der Waals surface area contributed by atoms with Crippen LogP contribution in [-0.2, 0) is 16.8 Å². The van der Waals surface area contributed by atoms with Crippen LogP contribution < -0.4 is 4.74 Å². The molecule has 30 heavy (non-hydrogen) atoms. The number of carbonyl (C=O) groups excluding carboxylic acids is 1. The molecule has 156 valence electrons. The smallest absolute Gasteiger partial charge is 0.249 e. The van der Waals surface area contributed by atoms with Gasteiger partial charge in [0.15, 0.2) is 0 Å². The summed E-state index contributed by atoms with van der Waals surface area (Å²) in [6.07, 6.45) is 1.16. The minimum Gasteiger partial charge on any atom is -0.496 e. The molecule has 0 radical (unpaired) electrons. The molecule has 0 spiro atoms. The fourth-order valence-electron chi connectivity index (χ4n) is 3.80. The van der Waals surface area contributed by atoms with Crippen molar-refractivity contribution in [3.63, 3.8) is 0 Å². The number of hydrogen-bond acceptors (Lipinski definition) is 5. The van der Waals surface area contributed by atoms with Gasteiger partial charge < -0.3 is 14.2 Å². The van der Waals surface area contributed by atoms with Gasteiger partial charge in [-0.1, -0.05) is 62.3 Å². The van der Waals surface area contributed by atoms with Crippen LogP contribution in [0.3, 0.4) is 0 Å². The van der Waals surface area contributed by atoms with Gasteiger partial charge in [0, 0.05) is 13.0 Å². The Morgan fingerprint density at radius 2 is 1.87 bits per heavy atom. The molecule has 1 fully saturated rings. The number of nitrogens with zero attached hydrogens (tertiary/aromatic N) is 3. The van der Waals surface area contributed by atoms with Crippen LogP contribution in [0.25, 0.3) is 11.4 Å². The summed E-state index contributed by atoms with van der Waals surface area (Å²) >= 11 is 0. The molecule has 6 heteroatoms. The fraction of sp³-hybridized carbons (Fsp3) is 0.375. The Labute approximate surface area is 176 Å². The lowest BCUT2D eigenvalue weighted by Gasteiger charge is -2.23. The highest BCUT2D eigenvalue weighted by atomic mass is 16.5. The van der Waals surface area contributed by atoms with Crippen molar-refractivity contribution in [1.82, 2.24) is 15.0 Å². The zero-order valence-corrected chi connectivity index (χ0v) is 17.9. The van der Waals surface area contributed by atoms with Crippen LogP contribution in [0.4, 0.5) is 0 Å². The number of aromatic nitrogens is 2. The Morgan fingerprint density at radius 3 is 2.57 bits per heavy atom. The van der Waals surface area contributed by atoms with E-state index in [9.17, 15) is 4.79 Å². The number of benzene rings is 2. The molecule has 1 aliphatic heterocycles. The molecule has 2 aromatic carbocycles. The molecule has 1 aromatic heterocycles. The molecule has 1 unspecified atom stereocenters. The zero-order valence-electron chi connectivity index (χ0n) is 17.9. The third kappa shape index (κ3) is 3.95. The maximum Gasteiger partial charge on any atom is 0.249 e. The maximum atomic E-state index is 12.6. The largest absolute Gasteiger partial charge is 0.496 e. The Kier molecular flexibility index (Phi) is 5.33. The number of ether oxygens (including phenoxy) is 1. The molecular weight excluding hydrogens is 378 g/mol. The molecule has 1 amide bonds. The molecule has 0 bridgehead atoms. The summed E-state index contributed by atoms with van der Waals surface area (Å²) in [7, 11) is 1.61. The van der Waals surface area contributed by atoms with Gasteiger partial charge in [-0.2, -0.15) is 4.98 Å². The molecule has 3 aromatic rings. The van der Waals surface area contributed by atoms with E-state index in [-0.39, 0.29) is 17.4 Å². The number of hydrogen-bond donors (Lipinski definition) is 0. The summed E-state index contributed by atoms with van der Waals surface area (Å²) in [6, 6.07) is 15.8.